The number of aryl methyl sites for hydroxylation is 1. The fraction of sp³-hybridized carbons (Fsp3) is 0.619. The number of phenols is 1. The van der Waals surface area contributed by atoms with Gasteiger partial charge in [0.25, 0.3) is 0 Å². The van der Waals surface area contributed by atoms with Crippen LogP contribution in [0.1, 0.15) is 110 Å². The van der Waals surface area contributed by atoms with Gasteiger partial charge in [0.1, 0.15) is 35.8 Å². The second-order valence-corrected chi connectivity index (χ2v) is 27.9. The van der Waals surface area contributed by atoms with Gasteiger partial charge < -0.3 is 39.3 Å². The SMILES string of the molecule is COC12CC[C@@]3(C[C@@H]1CNS(=O)(=O)c1ccc(C)cc1)[C@H]1Cc4ccc(O)c5c4[C@@]3(CCN1CC1CC1)C2O5.COc1ccc(COc2ccc3c4c2OC2C5(OC)CC[C@@]6(C[C@@H]5CN)[C@@H](C3)N(CC3CC3)CC[C@]426)cc1. The molecule has 4 aromatic rings. The topological polar surface area (TPSA) is 154 Å². The molecule has 18 rings (SSSR count). The quantitative estimate of drug-likeness (QED) is 0.105. The van der Waals surface area contributed by atoms with E-state index in [0.29, 0.717) is 48.3 Å². The van der Waals surface area contributed by atoms with Gasteiger partial charge in [0.05, 0.1) is 12.0 Å². The first-order valence-electron chi connectivity index (χ1n) is 29.3. The second-order valence-electron chi connectivity index (χ2n) is 26.1. The second kappa shape index (κ2) is 17.3. The van der Waals surface area contributed by atoms with Gasteiger partial charge in [-0.1, -0.05) is 42.0 Å². The smallest absolute Gasteiger partial charge is 0.240 e. The number of fused-ring (bicyclic) bond motifs is 4. The number of hydrogen-bond donors (Lipinski definition) is 3. The van der Waals surface area contributed by atoms with Gasteiger partial charge in [-0.25, -0.2) is 13.1 Å². The molecule has 0 amide bonds. The van der Waals surface area contributed by atoms with Crippen LogP contribution in [0.5, 0.6) is 28.7 Å². The molecule has 0 aromatic heterocycles. The van der Waals surface area contributed by atoms with Crippen LogP contribution < -0.4 is 29.4 Å². The van der Waals surface area contributed by atoms with Crippen LogP contribution in [0.2, 0.25) is 0 Å². The van der Waals surface area contributed by atoms with E-state index in [9.17, 15) is 13.5 Å². The van der Waals surface area contributed by atoms with Crippen LogP contribution in [0.25, 0.3) is 0 Å². The molecule has 14 aliphatic rings. The number of hydrogen-bond acceptors (Lipinski definition) is 12. The van der Waals surface area contributed by atoms with Crippen molar-refractivity contribution in [1.82, 2.24) is 14.5 Å². The Balaban J connectivity index is 0.000000134. The van der Waals surface area contributed by atoms with Crippen molar-refractivity contribution in [3.8, 4) is 28.7 Å². The molecule has 4 aromatic carbocycles. The first kappa shape index (κ1) is 49.6. The summed E-state index contributed by atoms with van der Waals surface area (Å²) < 4.78 is 68.5. The molecule has 14 heteroatoms. The van der Waals surface area contributed by atoms with Crippen LogP contribution in [-0.4, -0.2) is 119 Å². The zero-order valence-corrected chi connectivity index (χ0v) is 46.3. The fourth-order valence-electron chi connectivity index (χ4n) is 19.6. The Morgan fingerprint density at radius 3 is 1.82 bits per heavy atom. The van der Waals surface area contributed by atoms with E-state index in [2.05, 4.69) is 44.9 Å². The summed E-state index contributed by atoms with van der Waals surface area (Å²) in [6, 6.07) is 24.5. The van der Waals surface area contributed by atoms with Gasteiger partial charge in [-0.05, 0) is 181 Å². The Hall–Kier alpha value is -4.41. The third-order valence-electron chi connectivity index (χ3n) is 23.3. The average molecular weight is 1070 g/mol. The molecule has 77 heavy (non-hydrogen) atoms. The highest BCUT2D eigenvalue weighted by molar-refractivity contribution is 7.89. The third kappa shape index (κ3) is 6.63. The van der Waals surface area contributed by atoms with Crippen LogP contribution in [0.15, 0.2) is 77.7 Å². The molecule has 10 fully saturated rings. The number of phenolic OH excluding ortho intramolecular Hbond substituents is 1. The summed E-state index contributed by atoms with van der Waals surface area (Å²) in [4.78, 5) is 5.94. The Kier molecular flexibility index (Phi) is 11.1. The summed E-state index contributed by atoms with van der Waals surface area (Å²) in [6.07, 6.45) is 15.6. The zero-order chi connectivity index (χ0) is 52.5. The molecule has 12 atom stereocenters. The van der Waals surface area contributed by atoms with Gasteiger partial charge >= 0.3 is 0 Å². The van der Waals surface area contributed by atoms with Crippen molar-refractivity contribution >= 4 is 10.0 Å². The molecule has 8 saturated carbocycles. The lowest BCUT2D eigenvalue weighted by Crippen LogP contribution is -2.81. The van der Waals surface area contributed by atoms with E-state index in [1.807, 2.05) is 38.3 Å². The number of benzene rings is 4. The molecule has 4 unspecified atom stereocenters. The highest BCUT2D eigenvalue weighted by Gasteiger charge is 2.82. The molecule has 4 aliphatic heterocycles. The summed E-state index contributed by atoms with van der Waals surface area (Å²) in [5.41, 5.74) is 13.1. The first-order chi connectivity index (χ1) is 37.3. The van der Waals surface area contributed by atoms with Gasteiger partial charge in [0.15, 0.2) is 23.0 Å². The number of likely N-dealkylation sites (tertiary alicyclic amines) is 2. The number of aromatic hydroxyl groups is 1. The van der Waals surface area contributed by atoms with Crippen molar-refractivity contribution in [2.45, 2.75) is 155 Å². The summed E-state index contributed by atoms with van der Waals surface area (Å²) >= 11 is 0. The van der Waals surface area contributed by atoms with Gasteiger partial charge in [-0.15, -0.1) is 0 Å². The fourth-order valence-corrected chi connectivity index (χ4v) is 20.7. The zero-order valence-electron chi connectivity index (χ0n) is 45.5. The Morgan fingerprint density at radius 1 is 0.688 bits per heavy atom. The van der Waals surface area contributed by atoms with E-state index in [0.717, 1.165) is 118 Å². The molecule has 4 spiro atoms. The van der Waals surface area contributed by atoms with Crippen molar-refractivity contribution in [2.24, 2.45) is 40.2 Å². The van der Waals surface area contributed by atoms with Crippen molar-refractivity contribution in [3.63, 3.8) is 0 Å². The Morgan fingerprint density at radius 2 is 1.25 bits per heavy atom. The van der Waals surface area contributed by atoms with Crippen molar-refractivity contribution in [1.29, 1.82) is 0 Å². The van der Waals surface area contributed by atoms with E-state index in [-0.39, 0.29) is 51.1 Å². The molecule has 2 saturated heterocycles. The molecule has 0 radical (unpaired) electrons. The van der Waals surface area contributed by atoms with Crippen LogP contribution in [0.3, 0.4) is 0 Å². The van der Waals surface area contributed by atoms with Gasteiger partial charge in [-0.3, -0.25) is 9.80 Å². The number of methoxy groups -OCH3 is 3. The number of nitrogens with zero attached hydrogens (tertiary/aromatic N) is 2. The average Bonchev–Trinajstić information content (AvgIpc) is 4.25. The lowest BCUT2D eigenvalue weighted by Gasteiger charge is -2.74. The largest absolute Gasteiger partial charge is 0.504 e. The number of rotatable bonds is 15. The predicted octanol–water partition coefficient (Wildman–Crippen LogP) is 8.36. The standard InChI is InChI=1S/C32H40N2O4.C31H38N2O5S/c1-35-24-8-5-21(6-9-24)19-37-25-10-7-22-15-26-30-11-12-32(36-2,23(16-30)17-33)29-31(30,27(22)28(25)38-29)13-14-34(26)18-20-3-4-20;1-19-3-8-23(9-4-19)39(35,36)32-17-22-16-29-11-12-31(22,37-2)28-30(29)13-14-33(18-20-5-6-20)25(29)15-21-7-10-24(34)27(38-28)26(21)30/h5-10,20,23,26,29H,3-4,11-19,33H2,1-2H3;3-4,7-10,20,22,25,28,32,34H,5-6,11-18H2,1-2H3/t23-,26-,29?,30-,31+,32?;22-,25-,28?,29-,30+,31?/m11/s1. The third-order valence-corrected chi connectivity index (χ3v) is 24.7. The van der Waals surface area contributed by atoms with Gasteiger partial charge in [0, 0.05) is 90.6 Å². The monoisotopic (exact) mass is 1070 g/mol. The Bertz CT molecular complexity index is 3130. The van der Waals surface area contributed by atoms with Gasteiger partial charge in [-0.2, -0.15) is 0 Å². The van der Waals surface area contributed by atoms with Crippen LogP contribution in [0.4, 0.5) is 0 Å². The van der Waals surface area contributed by atoms with E-state index in [1.165, 1.54) is 60.9 Å². The van der Waals surface area contributed by atoms with Crippen molar-refractivity contribution in [2.75, 3.05) is 60.6 Å². The predicted molar refractivity (Wildman–Crippen MR) is 291 cm³/mol. The first-order valence-corrected chi connectivity index (χ1v) is 30.8. The van der Waals surface area contributed by atoms with E-state index in [4.69, 9.17) is 34.2 Å². The molecular formula is C63H78N4O9S. The van der Waals surface area contributed by atoms with Crippen molar-refractivity contribution < 1.29 is 41.9 Å². The molecule has 410 valence electrons. The van der Waals surface area contributed by atoms with E-state index >= 15 is 0 Å². The minimum Gasteiger partial charge on any atom is -0.504 e. The molecule has 4 heterocycles. The number of nitrogens with one attached hydrogen (secondary N) is 1. The maximum Gasteiger partial charge on any atom is 0.240 e. The minimum atomic E-state index is -3.66. The Labute approximate surface area is 454 Å². The summed E-state index contributed by atoms with van der Waals surface area (Å²) in [6.45, 7) is 8.05. The van der Waals surface area contributed by atoms with Crippen LogP contribution in [0, 0.1) is 41.4 Å². The van der Waals surface area contributed by atoms with Crippen molar-refractivity contribution in [3.05, 3.63) is 106 Å². The number of nitrogens with two attached hydrogens (primary N) is 1. The maximum absolute atomic E-state index is 13.3. The molecule has 10 aliphatic carbocycles. The summed E-state index contributed by atoms with van der Waals surface area (Å²) in [5.74, 6) is 5.58. The van der Waals surface area contributed by atoms with Crippen LogP contribution >= 0.6 is 0 Å². The lowest BCUT2D eigenvalue weighted by molar-refractivity contribution is -0.275. The number of sulfonamides is 1. The molecular weight excluding hydrogens is 989 g/mol. The lowest BCUT2D eigenvalue weighted by atomic mass is 9.35. The summed E-state index contributed by atoms with van der Waals surface area (Å²) in [7, 11) is 1.70. The highest BCUT2D eigenvalue weighted by atomic mass is 32.2. The van der Waals surface area contributed by atoms with Gasteiger partial charge in [0.2, 0.25) is 10.0 Å². The number of ether oxygens (including phenoxy) is 6. The van der Waals surface area contributed by atoms with E-state index < -0.39 is 15.6 Å². The molecule has 4 N–H and O–H groups in total. The van der Waals surface area contributed by atoms with E-state index in [1.54, 1.807) is 32.4 Å². The normalized spacial score (nSPS) is 38.0. The molecule has 8 bridgehead atoms. The maximum atomic E-state index is 13.3. The summed E-state index contributed by atoms with van der Waals surface area (Å²) in [5, 5.41) is 11.0. The molecule has 13 nitrogen and oxygen atoms in total. The van der Waals surface area contributed by atoms with Crippen LogP contribution in [-0.2, 0) is 49.8 Å². The highest BCUT2D eigenvalue weighted by Crippen LogP contribution is 2.78. The minimum absolute atomic E-state index is 0.00131. The number of piperidine rings is 2.